The summed E-state index contributed by atoms with van der Waals surface area (Å²) in [4.78, 5) is 11.1. The minimum Gasteiger partial charge on any atom is -0.357 e. The third kappa shape index (κ3) is 1.47. The maximum absolute atomic E-state index is 4.35. The molecule has 1 aromatic heterocycles. The molecule has 1 aliphatic carbocycles. The lowest BCUT2D eigenvalue weighted by Gasteiger charge is -2.16. The molecule has 0 bridgehead atoms. The summed E-state index contributed by atoms with van der Waals surface area (Å²) in [6.45, 7) is 2.34. The van der Waals surface area contributed by atoms with Crippen LogP contribution in [0.5, 0.6) is 0 Å². The van der Waals surface area contributed by atoms with E-state index in [-0.39, 0.29) is 0 Å². The van der Waals surface area contributed by atoms with Gasteiger partial charge in [0, 0.05) is 30.8 Å². The van der Waals surface area contributed by atoms with Gasteiger partial charge in [-0.3, -0.25) is 0 Å². The van der Waals surface area contributed by atoms with E-state index in [2.05, 4.69) is 20.9 Å². The predicted octanol–water partition coefficient (Wildman–Crippen LogP) is 1.95. The number of hydrogen-bond acceptors (Lipinski definition) is 3. The second-order valence-electron chi connectivity index (χ2n) is 4.27. The molecule has 2 heterocycles. The normalized spacial score (nSPS) is 21.6. The van der Waals surface area contributed by atoms with Crippen molar-refractivity contribution in [3.05, 3.63) is 18.1 Å². The average molecular weight is 189 g/mol. The minimum atomic E-state index is 0.736. The number of hydrogen-bond donors (Lipinski definition) is 0. The van der Waals surface area contributed by atoms with Gasteiger partial charge in [0.25, 0.3) is 0 Å². The predicted molar refractivity (Wildman–Crippen MR) is 55.5 cm³/mol. The van der Waals surface area contributed by atoms with E-state index in [9.17, 15) is 0 Å². The van der Waals surface area contributed by atoms with Crippen LogP contribution in [0, 0.1) is 0 Å². The molecule has 74 valence electrons. The molecule has 0 spiro atoms. The van der Waals surface area contributed by atoms with Crippen molar-refractivity contribution >= 4 is 5.82 Å². The lowest BCUT2D eigenvalue weighted by Crippen LogP contribution is -2.19. The van der Waals surface area contributed by atoms with Gasteiger partial charge in [-0.25, -0.2) is 9.97 Å². The number of rotatable bonds is 2. The van der Waals surface area contributed by atoms with Crippen molar-refractivity contribution in [2.75, 3.05) is 18.0 Å². The maximum atomic E-state index is 4.35. The largest absolute Gasteiger partial charge is 0.357 e. The number of nitrogens with zero attached hydrogens (tertiary/aromatic N) is 3. The van der Waals surface area contributed by atoms with Gasteiger partial charge in [0.05, 0.1) is 0 Å². The molecule has 0 amide bonds. The van der Waals surface area contributed by atoms with Crippen LogP contribution in [-0.2, 0) is 0 Å². The van der Waals surface area contributed by atoms with Gasteiger partial charge in [0.1, 0.15) is 12.1 Å². The Morgan fingerprint density at radius 2 is 1.93 bits per heavy atom. The topological polar surface area (TPSA) is 29.0 Å². The molecule has 3 rings (SSSR count). The lowest BCUT2D eigenvalue weighted by molar-refractivity contribution is 0.903. The Kier molecular flexibility index (Phi) is 1.89. The Balaban J connectivity index is 1.85. The van der Waals surface area contributed by atoms with Crippen LogP contribution < -0.4 is 4.90 Å². The SMILES string of the molecule is c1nc(C2CC2)cc(N2CCCC2)n1. The summed E-state index contributed by atoms with van der Waals surface area (Å²) in [5.41, 5.74) is 1.25. The van der Waals surface area contributed by atoms with Gasteiger partial charge >= 0.3 is 0 Å². The highest BCUT2D eigenvalue weighted by atomic mass is 15.2. The first-order chi connectivity index (χ1) is 6.93. The van der Waals surface area contributed by atoms with Crippen molar-refractivity contribution in [1.29, 1.82) is 0 Å². The highest BCUT2D eigenvalue weighted by Gasteiger charge is 2.26. The zero-order chi connectivity index (χ0) is 9.38. The zero-order valence-corrected chi connectivity index (χ0v) is 8.32. The van der Waals surface area contributed by atoms with Crippen molar-refractivity contribution in [2.45, 2.75) is 31.6 Å². The second-order valence-corrected chi connectivity index (χ2v) is 4.27. The quantitative estimate of drug-likeness (QED) is 0.712. The van der Waals surface area contributed by atoms with Crippen LogP contribution in [0.2, 0.25) is 0 Å². The maximum Gasteiger partial charge on any atom is 0.132 e. The van der Waals surface area contributed by atoms with Crippen molar-refractivity contribution in [3.8, 4) is 0 Å². The first-order valence-electron chi connectivity index (χ1n) is 5.50. The van der Waals surface area contributed by atoms with Crippen LogP contribution in [0.1, 0.15) is 37.3 Å². The van der Waals surface area contributed by atoms with Crippen LogP contribution in [0.25, 0.3) is 0 Å². The summed E-state index contributed by atoms with van der Waals surface area (Å²) in [7, 11) is 0. The highest BCUT2D eigenvalue weighted by molar-refractivity contribution is 5.41. The molecule has 3 heteroatoms. The average Bonchev–Trinajstić information content (AvgIpc) is 2.94. The Morgan fingerprint density at radius 1 is 1.14 bits per heavy atom. The second kappa shape index (κ2) is 3.23. The minimum absolute atomic E-state index is 0.736. The monoisotopic (exact) mass is 189 g/mol. The zero-order valence-electron chi connectivity index (χ0n) is 8.32. The van der Waals surface area contributed by atoms with E-state index >= 15 is 0 Å². The van der Waals surface area contributed by atoms with Gasteiger partial charge in [-0.2, -0.15) is 0 Å². The molecule has 2 fully saturated rings. The fourth-order valence-electron chi connectivity index (χ4n) is 2.08. The molecule has 14 heavy (non-hydrogen) atoms. The molecule has 0 unspecified atom stereocenters. The Labute approximate surface area is 84.2 Å². The molecule has 1 aliphatic heterocycles. The van der Waals surface area contributed by atoms with E-state index in [0.717, 1.165) is 11.7 Å². The molecule has 1 saturated heterocycles. The standard InChI is InChI=1S/C11H15N3/c1-2-6-14(5-1)11-7-10(9-3-4-9)12-8-13-11/h7-9H,1-6H2. The van der Waals surface area contributed by atoms with Gasteiger partial charge in [-0.05, 0) is 25.7 Å². The third-order valence-corrected chi connectivity index (χ3v) is 3.10. The molecule has 0 radical (unpaired) electrons. The molecule has 0 aromatic carbocycles. The molecular weight excluding hydrogens is 174 g/mol. The molecule has 1 aromatic rings. The van der Waals surface area contributed by atoms with Gasteiger partial charge in [0.15, 0.2) is 0 Å². The van der Waals surface area contributed by atoms with Crippen LogP contribution in [0.4, 0.5) is 5.82 Å². The molecule has 2 aliphatic rings. The first kappa shape index (κ1) is 8.21. The first-order valence-corrected chi connectivity index (χ1v) is 5.50. The fraction of sp³-hybridized carbons (Fsp3) is 0.636. The van der Waals surface area contributed by atoms with Gasteiger partial charge < -0.3 is 4.90 Å². The molecule has 0 atom stereocenters. The Bertz CT molecular complexity index is 327. The molecule has 0 N–H and O–H groups in total. The Morgan fingerprint density at radius 3 is 2.64 bits per heavy atom. The molecule has 1 saturated carbocycles. The smallest absolute Gasteiger partial charge is 0.132 e. The van der Waals surface area contributed by atoms with E-state index in [1.165, 1.54) is 44.5 Å². The van der Waals surface area contributed by atoms with Crippen molar-refractivity contribution < 1.29 is 0 Å². The summed E-state index contributed by atoms with van der Waals surface area (Å²) in [6.07, 6.45) is 6.97. The van der Waals surface area contributed by atoms with E-state index in [0.29, 0.717) is 0 Å². The molecular formula is C11H15N3. The number of aromatic nitrogens is 2. The lowest BCUT2D eigenvalue weighted by atomic mass is 10.3. The van der Waals surface area contributed by atoms with Crippen LogP contribution in [0.3, 0.4) is 0 Å². The summed E-state index contributed by atoms with van der Waals surface area (Å²) in [6, 6.07) is 2.18. The van der Waals surface area contributed by atoms with Crippen molar-refractivity contribution in [1.82, 2.24) is 9.97 Å². The fourth-order valence-corrected chi connectivity index (χ4v) is 2.08. The van der Waals surface area contributed by atoms with Gasteiger partial charge in [-0.1, -0.05) is 0 Å². The van der Waals surface area contributed by atoms with E-state index in [4.69, 9.17) is 0 Å². The van der Waals surface area contributed by atoms with Crippen LogP contribution in [0.15, 0.2) is 12.4 Å². The summed E-state index contributed by atoms with van der Waals surface area (Å²) in [5.74, 6) is 1.87. The van der Waals surface area contributed by atoms with Crippen LogP contribution >= 0.6 is 0 Å². The van der Waals surface area contributed by atoms with Gasteiger partial charge in [-0.15, -0.1) is 0 Å². The molecule has 3 nitrogen and oxygen atoms in total. The van der Waals surface area contributed by atoms with Crippen molar-refractivity contribution in [2.24, 2.45) is 0 Å². The highest BCUT2D eigenvalue weighted by Crippen LogP contribution is 2.39. The van der Waals surface area contributed by atoms with Crippen molar-refractivity contribution in [3.63, 3.8) is 0 Å². The van der Waals surface area contributed by atoms with Gasteiger partial charge in [0.2, 0.25) is 0 Å². The summed E-state index contributed by atoms with van der Waals surface area (Å²) < 4.78 is 0. The van der Waals surface area contributed by atoms with Crippen LogP contribution in [-0.4, -0.2) is 23.1 Å². The van der Waals surface area contributed by atoms with E-state index < -0.39 is 0 Å². The Hall–Kier alpha value is -1.12. The summed E-state index contributed by atoms with van der Waals surface area (Å²) >= 11 is 0. The van der Waals surface area contributed by atoms with E-state index in [1.807, 2.05) is 0 Å². The van der Waals surface area contributed by atoms with E-state index in [1.54, 1.807) is 6.33 Å². The third-order valence-electron chi connectivity index (χ3n) is 3.10. The summed E-state index contributed by atoms with van der Waals surface area (Å²) in [5, 5.41) is 0. The number of anilines is 1.